The molecule has 0 saturated heterocycles. The highest BCUT2D eigenvalue weighted by Crippen LogP contribution is 2.27. The molecule has 0 unspecified atom stereocenters. The lowest BCUT2D eigenvalue weighted by molar-refractivity contribution is 0.103. The van der Waals surface area contributed by atoms with Crippen molar-refractivity contribution in [3.05, 3.63) is 58.1 Å². The standard InChI is InChI=1S/C15H14ClNO2/c1-9-4-3-5-12(17)14(9)15(18)10-6-7-13(19-2)11(16)8-10/h3-8H,17H2,1-2H3. The molecule has 2 aromatic carbocycles. The molecule has 4 heteroatoms. The summed E-state index contributed by atoms with van der Waals surface area (Å²) in [7, 11) is 1.53. The number of methoxy groups -OCH3 is 1. The Morgan fingerprint density at radius 2 is 2.00 bits per heavy atom. The molecule has 0 saturated carbocycles. The van der Waals surface area contributed by atoms with Crippen LogP contribution in [-0.2, 0) is 0 Å². The van der Waals surface area contributed by atoms with E-state index in [1.165, 1.54) is 7.11 Å². The van der Waals surface area contributed by atoms with E-state index >= 15 is 0 Å². The number of carbonyl (C=O) groups is 1. The van der Waals surface area contributed by atoms with Crippen molar-refractivity contribution in [1.29, 1.82) is 0 Å². The summed E-state index contributed by atoms with van der Waals surface area (Å²) >= 11 is 6.03. The molecular weight excluding hydrogens is 262 g/mol. The fraction of sp³-hybridized carbons (Fsp3) is 0.133. The van der Waals surface area contributed by atoms with Crippen LogP contribution in [0.1, 0.15) is 21.5 Å². The van der Waals surface area contributed by atoms with Gasteiger partial charge in [0.05, 0.1) is 12.1 Å². The van der Waals surface area contributed by atoms with E-state index in [4.69, 9.17) is 22.1 Å². The van der Waals surface area contributed by atoms with Gasteiger partial charge in [0.2, 0.25) is 0 Å². The van der Waals surface area contributed by atoms with Crippen LogP contribution in [0, 0.1) is 6.92 Å². The normalized spacial score (nSPS) is 10.3. The molecule has 98 valence electrons. The highest BCUT2D eigenvalue weighted by atomic mass is 35.5. The van der Waals surface area contributed by atoms with Crippen LogP contribution in [0.5, 0.6) is 5.75 Å². The SMILES string of the molecule is COc1ccc(C(=O)c2c(C)cccc2N)cc1Cl. The molecule has 2 N–H and O–H groups in total. The second-order valence-corrected chi connectivity index (χ2v) is 4.62. The minimum atomic E-state index is -0.139. The van der Waals surface area contributed by atoms with Gasteiger partial charge in [-0.15, -0.1) is 0 Å². The van der Waals surface area contributed by atoms with Crippen LogP contribution in [0.15, 0.2) is 36.4 Å². The molecule has 0 bridgehead atoms. The summed E-state index contributed by atoms with van der Waals surface area (Å²) < 4.78 is 5.06. The first-order valence-electron chi connectivity index (χ1n) is 5.78. The van der Waals surface area contributed by atoms with Crippen molar-refractivity contribution in [2.45, 2.75) is 6.92 Å². The average molecular weight is 276 g/mol. The molecule has 0 aliphatic carbocycles. The summed E-state index contributed by atoms with van der Waals surface area (Å²) in [5, 5.41) is 0.403. The van der Waals surface area contributed by atoms with Crippen molar-refractivity contribution >= 4 is 23.1 Å². The van der Waals surface area contributed by atoms with E-state index in [0.29, 0.717) is 27.6 Å². The van der Waals surface area contributed by atoms with E-state index < -0.39 is 0 Å². The Morgan fingerprint density at radius 1 is 1.26 bits per heavy atom. The highest BCUT2D eigenvalue weighted by Gasteiger charge is 2.16. The number of hydrogen-bond donors (Lipinski definition) is 1. The van der Waals surface area contributed by atoms with Crippen molar-refractivity contribution in [1.82, 2.24) is 0 Å². The molecule has 19 heavy (non-hydrogen) atoms. The lowest BCUT2D eigenvalue weighted by atomic mass is 9.97. The number of aryl methyl sites for hydroxylation is 1. The first kappa shape index (κ1) is 13.4. The van der Waals surface area contributed by atoms with Crippen molar-refractivity contribution in [2.24, 2.45) is 0 Å². The van der Waals surface area contributed by atoms with Gasteiger partial charge in [-0.2, -0.15) is 0 Å². The van der Waals surface area contributed by atoms with E-state index in [1.807, 2.05) is 19.1 Å². The minimum absolute atomic E-state index is 0.139. The molecule has 2 rings (SSSR count). The van der Waals surface area contributed by atoms with Gasteiger partial charge in [-0.3, -0.25) is 4.79 Å². The van der Waals surface area contributed by atoms with E-state index in [1.54, 1.807) is 24.3 Å². The van der Waals surface area contributed by atoms with Crippen molar-refractivity contribution < 1.29 is 9.53 Å². The van der Waals surface area contributed by atoms with Gasteiger partial charge in [0.25, 0.3) is 0 Å². The molecule has 0 spiro atoms. The molecule has 0 radical (unpaired) electrons. The Hall–Kier alpha value is -2.00. The molecule has 0 aromatic heterocycles. The maximum absolute atomic E-state index is 12.5. The molecule has 0 amide bonds. The second-order valence-electron chi connectivity index (χ2n) is 4.22. The average Bonchev–Trinajstić information content (AvgIpc) is 2.38. The van der Waals surface area contributed by atoms with Gasteiger partial charge in [-0.05, 0) is 36.8 Å². The van der Waals surface area contributed by atoms with Crippen molar-refractivity contribution in [3.8, 4) is 5.75 Å². The fourth-order valence-electron chi connectivity index (χ4n) is 1.95. The quantitative estimate of drug-likeness (QED) is 0.689. The van der Waals surface area contributed by atoms with Gasteiger partial charge in [0.1, 0.15) is 5.75 Å². The summed E-state index contributed by atoms with van der Waals surface area (Å²) in [5.74, 6) is 0.399. The fourth-order valence-corrected chi connectivity index (χ4v) is 2.21. The van der Waals surface area contributed by atoms with Crippen LogP contribution in [0.2, 0.25) is 5.02 Å². The molecule has 0 atom stereocenters. The molecule has 0 aliphatic rings. The largest absolute Gasteiger partial charge is 0.495 e. The number of halogens is 1. The lowest BCUT2D eigenvalue weighted by Crippen LogP contribution is -2.07. The van der Waals surface area contributed by atoms with Gasteiger partial charge in [0.15, 0.2) is 5.78 Å². The van der Waals surface area contributed by atoms with Crippen LogP contribution in [-0.4, -0.2) is 12.9 Å². The molecule has 2 aromatic rings. The third kappa shape index (κ3) is 2.56. The number of nitrogens with two attached hydrogens (primary N) is 1. The number of ether oxygens (including phenoxy) is 1. The third-order valence-corrected chi connectivity index (χ3v) is 3.24. The highest BCUT2D eigenvalue weighted by molar-refractivity contribution is 6.32. The number of carbonyl (C=O) groups excluding carboxylic acids is 1. The summed E-state index contributed by atoms with van der Waals surface area (Å²) in [6.07, 6.45) is 0. The number of benzene rings is 2. The monoisotopic (exact) mass is 275 g/mol. The number of hydrogen-bond acceptors (Lipinski definition) is 3. The Bertz CT molecular complexity index is 618. The zero-order valence-electron chi connectivity index (χ0n) is 10.7. The Balaban J connectivity index is 2.48. The summed E-state index contributed by atoms with van der Waals surface area (Å²) in [6.45, 7) is 1.86. The molecule has 3 nitrogen and oxygen atoms in total. The van der Waals surface area contributed by atoms with Gasteiger partial charge >= 0.3 is 0 Å². The van der Waals surface area contributed by atoms with Gasteiger partial charge < -0.3 is 10.5 Å². The first-order valence-corrected chi connectivity index (χ1v) is 6.15. The molecule has 0 aliphatic heterocycles. The zero-order valence-corrected chi connectivity index (χ0v) is 11.5. The summed E-state index contributed by atoms with van der Waals surface area (Å²) in [5.41, 5.74) is 8.20. The predicted molar refractivity (Wildman–Crippen MR) is 77.0 cm³/mol. The van der Waals surface area contributed by atoms with Gasteiger partial charge in [-0.1, -0.05) is 23.7 Å². The number of ketones is 1. The zero-order chi connectivity index (χ0) is 14.0. The molecule has 0 heterocycles. The second kappa shape index (κ2) is 5.33. The van der Waals surface area contributed by atoms with Crippen LogP contribution in [0.4, 0.5) is 5.69 Å². The smallest absolute Gasteiger partial charge is 0.195 e. The van der Waals surface area contributed by atoms with Crippen LogP contribution >= 0.6 is 11.6 Å². The number of nitrogen functional groups attached to an aromatic ring is 1. The van der Waals surface area contributed by atoms with Crippen LogP contribution in [0.25, 0.3) is 0 Å². The van der Waals surface area contributed by atoms with Crippen LogP contribution in [0.3, 0.4) is 0 Å². The van der Waals surface area contributed by atoms with Crippen LogP contribution < -0.4 is 10.5 Å². The lowest BCUT2D eigenvalue weighted by Gasteiger charge is -2.09. The van der Waals surface area contributed by atoms with Gasteiger partial charge in [0, 0.05) is 16.8 Å². The van der Waals surface area contributed by atoms with Crippen molar-refractivity contribution in [3.63, 3.8) is 0 Å². The summed E-state index contributed by atoms with van der Waals surface area (Å²) in [4.78, 5) is 12.5. The predicted octanol–water partition coefficient (Wildman–Crippen LogP) is 3.47. The first-order chi connectivity index (χ1) is 9.04. The van der Waals surface area contributed by atoms with E-state index in [0.717, 1.165) is 5.56 Å². The maximum atomic E-state index is 12.5. The maximum Gasteiger partial charge on any atom is 0.195 e. The van der Waals surface area contributed by atoms with E-state index in [9.17, 15) is 4.79 Å². The Labute approximate surface area is 117 Å². The molecule has 0 fully saturated rings. The topological polar surface area (TPSA) is 52.3 Å². The van der Waals surface area contributed by atoms with E-state index in [-0.39, 0.29) is 5.78 Å². The Morgan fingerprint density at radius 3 is 2.58 bits per heavy atom. The molecular formula is C15H14ClNO2. The van der Waals surface area contributed by atoms with E-state index in [2.05, 4.69) is 0 Å². The van der Waals surface area contributed by atoms with Gasteiger partial charge in [-0.25, -0.2) is 0 Å². The van der Waals surface area contributed by atoms with Crippen molar-refractivity contribution in [2.75, 3.05) is 12.8 Å². The third-order valence-electron chi connectivity index (χ3n) is 2.95. The number of anilines is 1. The Kier molecular flexibility index (Phi) is 3.76. The minimum Gasteiger partial charge on any atom is -0.495 e. The summed E-state index contributed by atoms with van der Waals surface area (Å²) in [6, 6.07) is 10.3. The number of rotatable bonds is 3.